The molecule has 4 atom stereocenters. The van der Waals surface area contributed by atoms with Crippen LogP contribution in [0.5, 0.6) is 0 Å². The predicted octanol–water partition coefficient (Wildman–Crippen LogP) is 2.58. The molecule has 0 aromatic heterocycles. The highest BCUT2D eigenvalue weighted by Gasteiger charge is 2.64. The van der Waals surface area contributed by atoms with E-state index >= 15 is 0 Å². The molecule has 0 bridgehead atoms. The smallest absolute Gasteiger partial charge is 0.339 e. The Morgan fingerprint density at radius 1 is 0.935 bits per heavy atom. The Labute approximate surface area is 178 Å². The normalized spacial score (nSPS) is 25.9. The molecule has 5 rings (SSSR count). The number of Topliss-reactive ketones (excluding diaryl/α,β-unsaturated/α-hetero) is 1. The molecule has 0 N–H and O–H groups in total. The fraction of sp³-hybridized carbons (Fsp3) is 0.250. The van der Waals surface area contributed by atoms with Crippen molar-refractivity contribution in [3.63, 3.8) is 0 Å². The number of hydrogen-bond donors (Lipinski definition) is 0. The van der Waals surface area contributed by atoms with Crippen LogP contribution in [0.2, 0.25) is 0 Å². The van der Waals surface area contributed by atoms with Gasteiger partial charge < -0.3 is 9.64 Å². The third-order valence-electron chi connectivity index (χ3n) is 6.43. The maximum absolute atomic E-state index is 13.7. The monoisotopic (exact) mass is 416 g/mol. The fourth-order valence-electron chi connectivity index (χ4n) is 5.21. The van der Waals surface area contributed by atoms with Crippen molar-refractivity contribution < 1.29 is 23.9 Å². The molecular formula is C24H20N2O5. The number of methoxy groups -OCH3 is 1. The molecule has 0 aliphatic carbocycles. The summed E-state index contributed by atoms with van der Waals surface area (Å²) in [5.74, 6) is -3.23. The second-order valence-electron chi connectivity index (χ2n) is 7.96. The highest BCUT2D eigenvalue weighted by molar-refractivity contribution is 6.25. The van der Waals surface area contributed by atoms with Crippen molar-refractivity contribution in [2.75, 3.05) is 12.0 Å². The minimum absolute atomic E-state index is 0.131. The minimum Gasteiger partial charge on any atom is -0.465 e. The van der Waals surface area contributed by atoms with Crippen LogP contribution >= 0.6 is 0 Å². The van der Waals surface area contributed by atoms with Gasteiger partial charge >= 0.3 is 5.97 Å². The van der Waals surface area contributed by atoms with E-state index in [-0.39, 0.29) is 17.0 Å². The molecule has 3 aliphatic rings. The van der Waals surface area contributed by atoms with Crippen LogP contribution in [-0.4, -0.2) is 41.6 Å². The van der Waals surface area contributed by atoms with Gasteiger partial charge in [-0.05, 0) is 36.3 Å². The molecule has 3 heterocycles. The standard InChI is InChI=1S/C24H20N2O5/c1-13(27)20-18-19(21-15-8-4-3-7-14(15)11-12-25(20)21)23(29)26(22(18)28)17-10-6-5-9-16(17)24(30)31-2/h3-12,18-21H,1-2H3/t18-,19-,20+,21-/m0/s1. The number of carbonyl (C=O) groups excluding carboxylic acids is 4. The lowest BCUT2D eigenvalue weighted by atomic mass is 9.84. The van der Waals surface area contributed by atoms with Crippen LogP contribution in [0.1, 0.15) is 34.5 Å². The molecule has 0 radical (unpaired) electrons. The maximum atomic E-state index is 13.7. The number of esters is 1. The number of imide groups is 1. The van der Waals surface area contributed by atoms with Crippen molar-refractivity contribution >= 4 is 35.3 Å². The molecule has 2 amide bonds. The van der Waals surface area contributed by atoms with Gasteiger partial charge in [0.05, 0.1) is 42.3 Å². The van der Waals surface area contributed by atoms with Gasteiger partial charge in [0.2, 0.25) is 11.8 Å². The summed E-state index contributed by atoms with van der Waals surface area (Å²) in [5.41, 5.74) is 2.19. The minimum atomic E-state index is -0.823. The summed E-state index contributed by atoms with van der Waals surface area (Å²) < 4.78 is 4.83. The van der Waals surface area contributed by atoms with Gasteiger partial charge in [-0.2, -0.15) is 0 Å². The van der Waals surface area contributed by atoms with E-state index in [0.717, 1.165) is 16.0 Å². The van der Waals surface area contributed by atoms with E-state index in [4.69, 9.17) is 4.74 Å². The summed E-state index contributed by atoms with van der Waals surface area (Å²) in [7, 11) is 1.25. The number of ketones is 1. The average molecular weight is 416 g/mol. The van der Waals surface area contributed by atoms with Crippen LogP contribution in [0.4, 0.5) is 5.69 Å². The number of rotatable bonds is 3. The largest absolute Gasteiger partial charge is 0.465 e. The molecule has 0 unspecified atom stereocenters. The van der Waals surface area contributed by atoms with Gasteiger partial charge in [0, 0.05) is 6.20 Å². The van der Waals surface area contributed by atoms with Crippen LogP contribution in [0, 0.1) is 11.8 Å². The van der Waals surface area contributed by atoms with Crippen LogP contribution < -0.4 is 4.90 Å². The number of benzene rings is 2. The molecule has 2 saturated heterocycles. The van der Waals surface area contributed by atoms with Crippen LogP contribution in [0.15, 0.2) is 54.7 Å². The zero-order chi connectivity index (χ0) is 21.9. The van der Waals surface area contributed by atoms with Crippen LogP contribution in [-0.2, 0) is 19.1 Å². The van der Waals surface area contributed by atoms with Crippen molar-refractivity contribution in [2.24, 2.45) is 11.8 Å². The molecular weight excluding hydrogens is 396 g/mol. The summed E-state index contributed by atoms with van der Waals surface area (Å²) in [6, 6.07) is 12.9. The van der Waals surface area contributed by atoms with E-state index in [1.54, 1.807) is 18.2 Å². The Hall–Kier alpha value is -3.74. The van der Waals surface area contributed by atoms with Gasteiger partial charge in [-0.3, -0.25) is 14.4 Å². The number of anilines is 1. The van der Waals surface area contributed by atoms with E-state index in [1.165, 1.54) is 20.1 Å². The number of fused-ring (bicyclic) bond motifs is 5. The number of amides is 2. The lowest BCUT2D eigenvalue weighted by molar-refractivity contribution is -0.129. The third-order valence-corrected chi connectivity index (χ3v) is 6.43. The lowest BCUT2D eigenvalue weighted by Gasteiger charge is -2.35. The highest BCUT2D eigenvalue weighted by atomic mass is 16.5. The Morgan fingerprint density at radius 2 is 1.61 bits per heavy atom. The SMILES string of the molecule is COC(=O)c1ccccc1N1C(=O)[C@H]2[C@H](C1=O)[C@@H]1c3ccccc3C=CN1[C@@H]2C(C)=O. The number of para-hydroxylation sites is 1. The summed E-state index contributed by atoms with van der Waals surface area (Å²) in [4.78, 5) is 55.1. The Balaban J connectivity index is 1.66. The third kappa shape index (κ3) is 2.59. The molecule has 156 valence electrons. The summed E-state index contributed by atoms with van der Waals surface area (Å²) >= 11 is 0. The molecule has 0 saturated carbocycles. The first-order chi connectivity index (χ1) is 15.0. The highest BCUT2D eigenvalue weighted by Crippen LogP contribution is 2.53. The average Bonchev–Trinajstić information content (AvgIpc) is 3.26. The Bertz CT molecular complexity index is 1170. The zero-order valence-corrected chi connectivity index (χ0v) is 17.0. The van der Waals surface area contributed by atoms with Crippen molar-refractivity contribution in [1.29, 1.82) is 0 Å². The van der Waals surface area contributed by atoms with Gasteiger partial charge in [0.25, 0.3) is 0 Å². The topological polar surface area (TPSA) is 84.0 Å². The number of ether oxygens (including phenoxy) is 1. The second kappa shape index (κ2) is 6.91. The number of nitrogens with zero attached hydrogens (tertiary/aromatic N) is 2. The summed E-state index contributed by atoms with van der Waals surface area (Å²) in [6.45, 7) is 1.45. The van der Waals surface area contributed by atoms with Crippen molar-refractivity contribution in [1.82, 2.24) is 4.90 Å². The molecule has 2 aromatic rings. The van der Waals surface area contributed by atoms with E-state index < -0.39 is 41.7 Å². The molecule has 2 fully saturated rings. The van der Waals surface area contributed by atoms with E-state index in [1.807, 2.05) is 41.4 Å². The molecule has 2 aromatic carbocycles. The zero-order valence-electron chi connectivity index (χ0n) is 17.0. The Kier molecular flexibility index (Phi) is 4.28. The lowest BCUT2D eigenvalue weighted by Crippen LogP contribution is -2.43. The van der Waals surface area contributed by atoms with Gasteiger partial charge in [-0.25, -0.2) is 9.69 Å². The first-order valence-electron chi connectivity index (χ1n) is 10.1. The summed E-state index contributed by atoms with van der Waals surface area (Å²) in [6.07, 6.45) is 3.72. The first kappa shape index (κ1) is 19.2. The summed E-state index contributed by atoms with van der Waals surface area (Å²) in [5, 5.41) is 0. The van der Waals surface area contributed by atoms with Crippen molar-refractivity contribution in [3.8, 4) is 0 Å². The number of carbonyl (C=O) groups is 4. The van der Waals surface area contributed by atoms with E-state index in [9.17, 15) is 19.2 Å². The Morgan fingerprint density at radius 3 is 2.35 bits per heavy atom. The van der Waals surface area contributed by atoms with Gasteiger partial charge in [0.15, 0.2) is 5.78 Å². The maximum Gasteiger partial charge on any atom is 0.339 e. The van der Waals surface area contributed by atoms with Gasteiger partial charge in [0.1, 0.15) is 0 Å². The molecule has 7 nitrogen and oxygen atoms in total. The number of hydrogen-bond acceptors (Lipinski definition) is 6. The van der Waals surface area contributed by atoms with E-state index in [0.29, 0.717) is 0 Å². The second-order valence-corrected chi connectivity index (χ2v) is 7.96. The molecule has 7 heteroatoms. The van der Waals surface area contributed by atoms with E-state index in [2.05, 4.69) is 0 Å². The fourth-order valence-corrected chi connectivity index (χ4v) is 5.21. The molecule has 0 spiro atoms. The van der Waals surface area contributed by atoms with Crippen molar-refractivity contribution in [2.45, 2.75) is 19.0 Å². The van der Waals surface area contributed by atoms with Crippen LogP contribution in [0.3, 0.4) is 0 Å². The molecule has 3 aliphatic heterocycles. The van der Waals surface area contributed by atoms with Crippen LogP contribution in [0.25, 0.3) is 6.08 Å². The quantitative estimate of drug-likeness (QED) is 0.565. The first-order valence-corrected chi connectivity index (χ1v) is 10.1. The predicted molar refractivity (Wildman–Crippen MR) is 112 cm³/mol. The van der Waals surface area contributed by atoms with Crippen molar-refractivity contribution in [3.05, 3.63) is 71.4 Å². The van der Waals surface area contributed by atoms with Gasteiger partial charge in [-0.1, -0.05) is 36.4 Å². The molecule has 31 heavy (non-hydrogen) atoms. The van der Waals surface area contributed by atoms with Gasteiger partial charge in [-0.15, -0.1) is 0 Å².